The molecule has 0 aliphatic heterocycles. The fourth-order valence-electron chi connectivity index (χ4n) is 3.78. The van der Waals surface area contributed by atoms with Gasteiger partial charge in [0.05, 0.1) is 0 Å². The first-order valence-electron chi connectivity index (χ1n) is 9.46. The van der Waals surface area contributed by atoms with E-state index in [1.807, 2.05) is 0 Å². The average molecular weight is 448 g/mol. The molecule has 3 unspecified atom stereocenters. The summed E-state index contributed by atoms with van der Waals surface area (Å²) in [4.78, 5) is 0. The minimum Gasteiger partial charge on any atom is -0.321 e. The van der Waals surface area contributed by atoms with Gasteiger partial charge >= 0.3 is 26.2 Å². The Morgan fingerprint density at radius 2 is 1.74 bits per heavy atom. The molecule has 1 fully saturated rings. The largest absolute Gasteiger partial charge is 2.00 e. The minimum atomic E-state index is 0. The summed E-state index contributed by atoms with van der Waals surface area (Å²) >= 11 is 0. The predicted molar refractivity (Wildman–Crippen MR) is 117 cm³/mol. The molecule has 27 heavy (non-hydrogen) atoms. The summed E-state index contributed by atoms with van der Waals surface area (Å²) in [6.07, 6.45) is 14.1. The van der Waals surface area contributed by atoms with Crippen molar-refractivity contribution in [3.63, 3.8) is 0 Å². The van der Waals surface area contributed by atoms with Crippen molar-refractivity contribution in [1.82, 2.24) is 0 Å². The first kappa shape index (κ1) is 20.6. The monoisotopic (exact) mass is 446 g/mol. The van der Waals surface area contributed by atoms with E-state index < -0.39 is 0 Å². The number of hydrogen-bond acceptors (Lipinski definition) is 0. The van der Waals surface area contributed by atoms with Crippen LogP contribution in [-0.2, 0) is 26.2 Å². The van der Waals surface area contributed by atoms with Gasteiger partial charge in [-0.1, -0.05) is 63.6 Å². The molecule has 3 aromatic carbocycles. The van der Waals surface area contributed by atoms with Crippen LogP contribution in [0.4, 0.5) is 0 Å². The summed E-state index contributed by atoms with van der Waals surface area (Å²) in [5.74, 6) is 1.62. The van der Waals surface area contributed by atoms with Gasteiger partial charge in [-0.3, -0.25) is 0 Å². The van der Waals surface area contributed by atoms with Crippen molar-refractivity contribution in [1.29, 1.82) is 0 Å². The molecule has 5 rings (SSSR count). The van der Waals surface area contributed by atoms with Crippen molar-refractivity contribution in [3.05, 3.63) is 97.0 Å². The van der Waals surface area contributed by atoms with E-state index in [9.17, 15) is 0 Å². The Labute approximate surface area is 184 Å². The zero-order valence-electron chi connectivity index (χ0n) is 15.7. The molecule has 0 aromatic heterocycles. The zero-order chi connectivity index (χ0) is 17.8. The Morgan fingerprint density at radius 3 is 2.56 bits per heavy atom. The summed E-state index contributed by atoms with van der Waals surface area (Å²) < 4.78 is 0. The maximum Gasteiger partial charge on any atom is 2.00 e. The van der Waals surface area contributed by atoms with Gasteiger partial charge < -0.3 is 6.42 Å². The van der Waals surface area contributed by atoms with Crippen molar-refractivity contribution in [2.75, 3.05) is 0 Å². The molecular formula is C25H25PZr. The summed E-state index contributed by atoms with van der Waals surface area (Å²) in [6, 6.07) is 21.8. The maximum absolute atomic E-state index is 2.42. The number of aryl methyl sites for hydroxylation is 1. The summed E-state index contributed by atoms with van der Waals surface area (Å²) in [5, 5.41) is 5.58. The quantitative estimate of drug-likeness (QED) is 0.342. The smallest absolute Gasteiger partial charge is 0.321 e. The molecule has 134 valence electrons. The SMILES string of the molecule is C1=CC2[CH-]CCC2C=C1.Cc1ccccc1Pc1cc2ccccc2[cH-]1.[Zr+2]. The van der Waals surface area contributed by atoms with Crippen molar-refractivity contribution in [2.24, 2.45) is 11.8 Å². The van der Waals surface area contributed by atoms with Crippen LogP contribution >= 0.6 is 8.58 Å². The van der Waals surface area contributed by atoms with E-state index in [-0.39, 0.29) is 26.2 Å². The van der Waals surface area contributed by atoms with E-state index in [0.29, 0.717) is 0 Å². The molecule has 0 amide bonds. The van der Waals surface area contributed by atoms with Crippen molar-refractivity contribution >= 4 is 30.0 Å². The molecule has 2 aliphatic rings. The third-order valence-corrected chi connectivity index (χ3v) is 6.69. The van der Waals surface area contributed by atoms with Crippen LogP contribution in [0.25, 0.3) is 10.8 Å². The van der Waals surface area contributed by atoms with E-state index in [0.717, 1.165) is 20.4 Å². The van der Waals surface area contributed by atoms with E-state index in [1.54, 1.807) is 0 Å². The number of rotatable bonds is 2. The fraction of sp³-hybridized carbons (Fsp3) is 0.200. The molecule has 0 nitrogen and oxygen atoms in total. The summed E-state index contributed by atoms with van der Waals surface area (Å²) in [6.45, 7) is 2.19. The van der Waals surface area contributed by atoms with Crippen LogP contribution in [-0.4, -0.2) is 0 Å². The van der Waals surface area contributed by atoms with Crippen LogP contribution in [0.5, 0.6) is 0 Å². The molecule has 0 heterocycles. The topological polar surface area (TPSA) is 0 Å². The van der Waals surface area contributed by atoms with Crippen LogP contribution < -0.4 is 10.6 Å². The second kappa shape index (κ2) is 9.86. The number of hydrogen-bond donors (Lipinski definition) is 0. The number of benzene rings is 2. The molecule has 0 radical (unpaired) electrons. The van der Waals surface area contributed by atoms with Gasteiger partial charge in [-0.25, -0.2) is 0 Å². The first-order chi connectivity index (χ1) is 12.8. The Kier molecular flexibility index (Phi) is 7.51. The van der Waals surface area contributed by atoms with Crippen molar-refractivity contribution in [3.8, 4) is 0 Å². The molecule has 3 atom stereocenters. The van der Waals surface area contributed by atoms with Crippen LogP contribution in [0.15, 0.2) is 85.0 Å². The molecule has 2 aliphatic carbocycles. The molecule has 3 aromatic rings. The molecule has 1 saturated carbocycles. The van der Waals surface area contributed by atoms with E-state index in [4.69, 9.17) is 0 Å². The molecular weight excluding hydrogens is 422 g/mol. The predicted octanol–water partition coefficient (Wildman–Crippen LogP) is 5.84. The van der Waals surface area contributed by atoms with E-state index in [2.05, 4.69) is 98.3 Å². The third-order valence-electron chi connectivity index (χ3n) is 5.28. The van der Waals surface area contributed by atoms with Crippen LogP contribution in [0.1, 0.15) is 18.4 Å². The van der Waals surface area contributed by atoms with E-state index >= 15 is 0 Å². The number of allylic oxidation sites excluding steroid dienone is 4. The van der Waals surface area contributed by atoms with Crippen LogP contribution in [0, 0.1) is 25.2 Å². The maximum atomic E-state index is 2.42. The molecule has 0 spiro atoms. The molecule has 2 heteroatoms. The number of fused-ring (bicyclic) bond motifs is 2. The van der Waals surface area contributed by atoms with Crippen molar-refractivity contribution in [2.45, 2.75) is 19.8 Å². The second-order valence-corrected chi connectivity index (χ2v) is 8.50. The third kappa shape index (κ3) is 5.22. The molecule has 0 saturated heterocycles. The van der Waals surface area contributed by atoms with E-state index in [1.165, 1.54) is 39.8 Å². The Hall–Kier alpha value is -1.16. The Morgan fingerprint density at radius 1 is 0.963 bits per heavy atom. The normalized spacial score (nSPS) is 20.3. The van der Waals surface area contributed by atoms with Gasteiger partial charge in [0.1, 0.15) is 0 Å². The first-order valence-corrected chi connectivity index (χ1v) is 10.5. The second-order valence-electron chi connectivity index (χ2n) is 7.14. The van der Waals surface area contributed by atoms with Crippen LogP contribution in [0.3, 0.4) is 0 Å². The Balaban J connectivity index is 0.000000178. The molecule has 0 N–H and O–H groups in total. The zero-order valence-corrected chi connectivity index (χ0v) is 19.2. The van der Waals surface area contributed by atoms with Crippen LogP contribution in [0.2, 0.25) is 0 Å². The summed E-state index contributed by atoms with van der Waals surface area (Å²) in [7, 11) is 0.759. The van der Waals surface area contributed by atoms with Crippen molar-refractivity contribution < 1.29 is 26.2 Å². The Bertz CT molecular complexity index is 883. The standard InChI is InChI=1S/C16H14P.C9H11.Zr/c1-12-6-2-5-9-16(12)17-15-10-13-7-3-4-8-14(13)11-15;1-2-5-9-7-3-6-8(9)4-1;/h2-11,17H,1H3;1-2,4-6,8-9H,3,7H2;/q2*-1;+2. The molecule has 0 bridgehead atoms. The van der Waals surface area contributed by atoms with Gasteiger partial charge in [0.15, 0.2) is 0 Å². The van der Waals surface area contributed by atoms with Gasteiger partial charge in [0.2, 0.25) is 0 Å². The summed E-state index contributed by atoms with van der Waals surface area (Å²) in [5.41, 5.74) is 1.39. The van der Waals surface area contributed by atoms with Gasteiger partial charge in [-0.15, -0.1) is 52.3 Å². The average Bonchev–Trinajstić information content (AvgIpc) is 3.30. The minimum absolute atomic E-state index is 0. The van der Waals surface area contributed by atoms with Gasteiger partial charge in [0.25, 0.3) is 0 Å². The fourth-order valence-corrected chi connectivity index (χ4v) is 5.01. The van der Waals surface area contributed by atoms with Gasteiger partial charge in [0, 0.05) is 0 Å². The van der Waals surface area contributed by atoms with Gasteiger partial charge in [-0.2, -0.15) is 12.5 Å². The van der Waals surface area contributed by atoms with Gasteiger partial charge in [-0.05, 0) is 23.7 Å².